The number of likely N-dealkylation sites (N-methyl/N-ethyl adjacent to an activating group) is 1. The van der Waals surface area contributed by atoms with E-state index in [0.29, 0.717) is 12.2 Å². The fourth-order valence-corrected chi connectivity index (χ4v) is 5.24. The van der Waals surface area contributed by atoms with Gasteiger partial charge in [-0.2, -0.15) is 0 Å². The zero-order chi connectivity index (χ0) is 21.9. The van der Waals surface area contributed by atoms with Gasteiger partial charge in [-0.05, 0) is 63.3 Å². The molecule has 0 N–H and O–H groups in total. The van der Waals surface area contributed by atoms with Crippen LogP contribution in [0.5, 0.6) is 0 Å². The van der Waals surface area contributed by atoms with Crippen molar-refractivity contribution in [3.63, 3.8) is 0 Å². The van der Waals surface area contributed by atoms with Crippen LogP contribution in [-0.2, 0) is 14.6 Å². The molecule has 1 aliphatic heterocycles. The van der Waals surface area contributed by atoms with Crippen LogP contribution in [0.3, 0.4) is 0 Å². The van der Waals surface area contributed by atoms with E-state index >= 15 is 0 Å². The largest absolute Gasteiger partial charge is 0.370 e. The Kier molecular flexibility index (Phi) is 6.77. The molecular formula is C22H28FN3O3S. The van der Waals surface area contributed by atoms with Gasteiger partial charge in [0.2, 0.25) is 15.7 Å². The van der Waals surface area contributed by atoms with Gasteiger partial charge in [-0.25, -0.2) is 12.8 Å². The van der Waals surface area contributed by atoms with Crippen molar-refractivity contribution in [2.45, 2.75) is 30.1 Å². The predicted octanol–water partition coefficient (Wildman–Crippen LogP) is 3.17. The summed E-state index contributed by atoms with van der Waals surface area (Å²) in [5, 5.41) is 0. The molecule has 8 heteroatoms. The molecule has 162 valence electrons. The van der Waals surface area contributed by atoms with Gasteiger partial charge in [0.15, 0.2) is 0 Å². The summed E-state index contributed by atoms with van der Waals surface area (Å²) >= 11 is 0. The Bertz CT molecular complexity index is 1030. The molecule has 1 amide bonds. The minimum absolute atomic E-state index is 0.000778. The van der Waals surface area contributed by atoms with Gasteiger partial charge in [-0.1, -0.05) is 6.07 Å². The molecule has 1 heterocycles. The molecule has 0 atom stereocenters. The first-order valence-corrected chi connectivity index (χ1v) is 11.6. The van der Waals surface area contributed by atoms with E-state index in [-0.39, 0.29) is 15.7 Å². The van der Waals surface area contributed by atoms with E-state index in [2.05, 4.69) is 16.8 Å². The standard InChI is InChI=1S/C22H28FN3O3S/c1-4-26(17(2)27)21-16-19(25-12-6-11-24(3)13-14-25)9-10-22(21)30(28,29)20-8-5-7-18(23)15-20/h5,7-10,15-16H,4,6,11-14H2,1-3H3. The molecule has 2 aromatic rings. The third kappa shape index (κ3) is 4.65. The number of carbonyl (C=O) groups excluding carboxylic acids is 1. The lowest BCUT2D eigenvalue weighted by molar-refractivity contribution is -0.116. The number of anilines is 2. The van der Waals surface area contributed by atoms with Crippen molar-refractivity contribution in [1.82, 2.24) is 4.90 Å². The Labute approximate surface area is 177 Å². The highest BCUT2D eigenvalue weighted by atomic mass is 32.2. The zero-order valence-corrected chi connectivity index (χ0v) is 18.5. The Morgan fingerprint density at radius 1 is 1.10 bits per heavy atom. The topological polar surface area (TPSA) is 60.9 Å². The predicted molar refractivity (Wildman–Crippen MR) is 116 cm³/mol. The lowest BCUT2D eigenvalue weighted by atomic mass is 10.2. The van der Waals surface area contributed by atoms with Crippen molar-refractivity contribution in [3.05, 3.63) is 48.3 Å². The molecule has 0 spiro atoms. The van der Waals surface area contributed by atoms with Gasteiger partial charge in [-0.3, -0.25) is 4.79 Å². The summed E-state index contributed by atoms with van der Waals surface area (Å²) in [4.78, 5) is 18.1. The number of hydrogen-bond acceptors (Lipinski definition) is 5. The molecule has 0 saturated carbocycles. The highest BCUT2D eigenvalue weighted by Crippen LogP contribution is 2.34. The molecule has 1 fully saturated rings. The van der Waals surface area contributed by atoms with Gasteiger partial charge in [0.1, 0.15) is 5.82 Å². The molecule has 0 bridgehead atoms. The van der Waals surface area contributed by atoms with E-state index in [1.165, 1.54) is 36.1 Å². The second kappa shape index (κ2) is 9.14. The summed E-state index contributed by atoms with van der Waals surface area (Å²) in [6.45, 7) is 7.12. The molecule has 3 rings (SSSR count). The van der Waals surface area contributed by atoms with Crippen LogP contribution in [0.4, 0.5) is 15.8 Å². The molecule has 6 nitrogen and oxygen atoms in total. The molecule has 2 aromatic carbocycles. The van der Waals surface area contributed by atoms with Gasteiger partial charge in [0.05, 0.1) is 15.5 Å². The normalized spacial score (nSPS) is 15.7. The van der Waals surface area contributed by atoms with E-state index in [1.807, 2.05) is 0 Å². The van der Waals surface area contributed by atoms with Gasteiger partial charge in [0, 0.05) is 38.8 Å². The summed E-state index contributed by atoms with van der Waals surface area (Å²) in [7, 11) is -1.92. The van der Waals surface area contributed by atoms with Crippen LogP contribution in [-0.4, -0.2) is 59.0 Å². The van der Waals surface area contributed by atoms with Crippen LogP contribution < -0.4 is 9.80 Å². The van der Waals surface area contributed by atoms with Gasteiger partial charge in [0.25, 0.3) is 0 Å². The maximum atomic E-state index is 13.7. The zero-order valence-electron chi connectivity index (χ0n) is 17.6. The Balaban J connectivity index is 2.12. The monoisotopic (exact) mass is 433 g/mol. The van der Waals surface area contributed by atoms with E-state index in [0.717, 1.165) is 44.4 Å². The van der Waals surface area contributed by atoms with Crippen LogP contribution in [0.15, 0.2) is 52.3 Å². The average Bonchev–Trinajstić information content (AvgIpc) is 2.92. The minimum Gasteiger partial charge on any atom is -0.370 e. The maximum absolute atomic E-state index is 13.7. The average molecular weight is 434 g/mol. The Morgan fingerprint density at radius 2 is 1.87 bits per heavy atom. The molecule has 0 aliphatic carbocycles. The lowest BCUT2D eigenvalue weighted by Crippen LogP contribution is -2.31. The summed E-state index contributed by atoms with van der Waals surface area (Å²) < 4.78 is 40.3. The Hall–Kier alpha value is -2.45. The van der Waals surface area contributed by atoms with Crippen molar-refractivity contribution >= 4 is 27.1 Å². The number of halogens is 1. The van der Waals surface area contributed by atoms with Crippen LogP contribution in [0.25, 0.3) is 0 Å². The maximum Gasteiger partial charge on any atom is 0.223 e. The third-order valence-electron chi connectivity index (χ3n) is 5.41. The van der Waals surface area contributed by atoms with Crippen molar-refractivity contribution in [2.75, 3.05) is 49.6 Å². The first kappa shape index (κ1) is 22.2. The number of benzene rings is 2. The number of carbonyl (C=O) groups is 1. The molecular weight excluding hydrogens is 405 g/mol. The van der Waals surface area contributed by atoms with Gasteiger partial charge in [-0.15, -0.1) is 0 Å². The van der Waals surface area contributed by atoms with Crippen molar-refractivity contribution < 1.29 is 17.6 Å². The Morgan fingerprint density at radius 3 is 2.53 bits per heavy atom. The highest BCUT2D eigenvalue weighted by Gasteiger charge is 2.27. The van der Waals surface area contributed by atoms with Crippen molar-refractivity contribution in [2.24, 2.45) is 0 Å². The quantitative estimate of drug-likeness (QED) is 0.725. The molecule has 0 radical (unpaired) electrons. The fourth-order valence-electron chi connectivity index (χ4n) is 3.77. The summed E-state index contributed by atoms with van der Waals surface area (Å²) in [6.07, 6.45) is 0.999. The molecule has 1 saturated heterocycles. The fraction of sp³-hybridized carbons (Fsp3) is 0.409. The van der Waals surface area contributed by atoms with Crippen molar-refractivity contribution in [1.29, 1.82) is 0 Å². The number of amides is 1. The molecule has 1 aliphatic rings. The molecule has 30 heavy (non-hydrogen) atoms. The van der Waals surface area contributed by atoms with E-state index in [9.17, 15) is 17.6 Å². The molecule has 0 unspecified atom stereocenters. The van der Waals surface area contributed by atoms with Crippen LogP contribution >= 0.6 is 0 Å². The summed E-state index contributed by atoms with van der Waals surface area (Å²) in [5.41, 5.74) is 1.20. The summed E-state index contributed by atoms with van der Waals surface area (Å²) in [6, 6.07) is 10.0. The third-order valence-corrected chi connectivity index (χ3v) is 7.21. The van der Waals surface area contributed by atoms with Crippen LogP contribution in [0, 0.1) is 5.82 Å². The number of sulfone groups is 1. The smallest absolute Gasteiger partial charge is 0.223 e. The first-order valence-electron chi connectivity index (χ1n) is 10.1. The first-order chi connectivity index (χ1) is 14.2. The number of hydrogen-bond donors (Lipinski definition) is 0. The van der Waals surface area contributed by atoms with E-state index < -0.39 is 15.7 Å². The van der Waals surface area contributed by atoms with Gasteiger partial charge >= 0.3 is 0 Å². The molecule has 0 aromatic heterocycles. The van der Waals surface area contributed by atoms with Crippen LogP contribution in [0.1, 0.15) is 20.3 Å². The SMILES string of the molecule is CCN(C(C)=O)c1cc(N2CCCN(C)CC2)ccc1S(=O)(=O)c1cccc(F)c1. The van der Waals surface area contributed by atoms with Crippen LogP contribution in [0.2, 0.25) is 0 Å². The van der Waals surface area contributed by atoms with Crippen molar-refractivity contribution in [3.8, 4) is 0 Å². The number of rotatable bonds is 5. The highest BCUT2D eigenvalue weighted by molar-refractivity contribution is 7.91. The van der Waals surface area contributed by atoms with E-state index in [4.69, 9.17) is 0 Å². The van der Waals surface area contributed by atoms with E-state index in [1.54, 1.807) is 19.1 Å². The second-order valence-electron chi connectivity index (χ2n) is 7.52. The summed E-state index contributed by atoms with van der Waals surface area (Å²) in [5.74, 6) is -0.872. The number of nitrogens with zero attached hydrogens (tertiary/aromatic N) is 3. The van der Waals surface area contributed by atoms with Gasteiger partial charge < -0.3 is 14.7 Å². The second-order valence-corrected chi connectivity index (χ2v) is 9.44. The minimum atomic E-state index is -4.00. The lowest BCUT2D eigenvalue weighted by Gasteiger charge is -2.27.